The Morgan fingerprint density at radius 3 is 2.93 bits per heavy atom. The van der Waals surface area contributed by atoms with Crippen molar-refractivity contribution < 1.29 is 9.47 Å². The Labute approximate surface area is 103 Å². The van der Waals surface area contributed by atoms with Gasteiger partial charge in [0.15, 0.2) is 0 Å². The maximum atomic E-state index is 5.72. The van der Waals surface area contributed by atoms with Crippen LogP contribution in [-0.2, 0) is 16.1 Å². The van der Waals surface area contributed by atoms with E-state index in [4.69, 9.17) is 9.47 Å². The van der Waals surface area contributed by atoms with Crippen LogP contribution in [0.3, 0.4) is 0 Å². The van der Waals surface area contributed by atoms with Gasteiger partial charge >= 0.3 is 0 Å². The summed E-state index contributed by atoms with van der Waals surface area (Å²) in [6, 6.07) is 2.07. The molecule has 4 heteroatoms. The molecule has 0 bridgehead atoms. The van der Waals surface area contributed by atoms with E-state index < -0.39 is 0 Å². The van der Waals surface area contributed by atoms with Crippen LogP contribution in [0.2, 0.25) is 0 Å². The molecule has 2 rings (SSSR count). The highest BCUT2D eigenvalue weighted by atomic mass is 79.9. The molecule has 0 amide bonds. The van der Waals surface area contributed by atoms with Crippen LogP contribution in [0.15, 0.2) is 15.9 Å². The molecule has 1 aliphatic rings. The molecular weight excluding hydrogens is 276 g/mol. The van der Waals surface area contributed by atoms with E-state index in [-0.39, 0.29) is 0 Å². The van der Waals surface area contributed by atoms with E-state index >= 15 is 0 Å². The summed E-state index contributed by atoms with van der Waals surface area (Å²) >= 11 is 5.24. The van der Waals surface area contributed by atoms with Crippen molar-refractivity contribution in [2.24, 2.45) is 5.92 Å². The predicted molar refractivity (Wildman–Crippen MR) is 65.2 cm³/mol. The average molecular weight is 291 g/mol. The molecular formula is C11H15BrO2S. The van der Waals surface area contributed by atoms with E-state index in [1.807, 2.05) is 0 Å². The SMILES string of the molecule is Brc1ccsc1COCC1CCOCC1. The standard InChI is InChI=1S/C11H15BrO2S/c12-10-3-6-15-11(10)8-14-7-9-1-4-13-5-2-9/h3,6,9H,1-2,4-5,7-8H2. The fourth-order valence-corrected chi connectivity index (χ4v) is 3.06. The van der Waals surface area contributed by atoms with Crippen molar-refractivity contribution in [3.8, 4) is 0 Å². The van der Waals surface area contributed by atoms with Crippen molar-refractivity contribution >= 4 is 27.3 Å². The molecule has 0 radical (unpaired) electrons. The number of hydrogen-bond acceptors (Lipinski definition) is 3. The second-order valence-corrected chi connectivity index (χ2v) is 5.62. The number of halogens is 1. The molecule has 0 saturated carbocycles. The van der Waals surface area contributed by atoms with Gasteiger partial charge in [0, 0.05) is 22.6 Å². The van der Waals surface area contributed by atoms with Crippen molar-refractivity contribution in [3.05, 3.63) is 20.8 Å². The monoisotopic (exact) mass is 290 g/mol. The Morgan fingerprint density at radius 1 is 1.47 bits per heavy atom. The van der Waals surface area contributed by atoms with Gasteiger partial charge in [-0.1, -0.05) is 0 Å². The third kappa shape index (κ3) is 3.55. The van der Waals surface area contributed by atoms with Crippen molar-refractivity contribution in [3.63, 3.8) is 0 Å². The van der Waals surface area contributed by atoms with E-state index in [0.717, 1.165) is 39.3 Å². The molecule has 1 saturated heterocycles. The maximum Gasteiger partial charge on any atom is 0.0820 e. The van der Waals surface area contributed by atoms with Crippen LogP contribution in [0, 0.1) is 5.92 Å². The summed E-state index contributed by atoms with van der Waals surface area (Å²) in [5.41, 5.74) is 0. The second kappa shape index (κ2) is 5.99. The zero-order valence-electron chi connectivity index (χ0n) is 8.58. The van der Waals surface area contributed by atoms with Crippen LogP contribution >= 0.6 is 27.3 Å². The summed E-state index contributed by atoms with van der Waals surface area (Å²) in [6.07, 6.45) is 2.29. The first-order valence-corrected chi connectivity index (χ1v) is 6.91. The van der Waals surface area contributed by atoms with E-state index in [1.165, 1.54) is 9.35 Å². The summed E-state index contributed by atoms with van der Waals surface area (Å²) in [5.74, 6) is 0.692. The van der Waals surface area contributed by atoms with Crippen LogP contribution in [0.25, 0.3) is 0 Å². The summed E-state index contributed by atoms with van der Waals surface area (Å²) in [6.45, 7) is 3.40. The molecule has 0 unspecified atom stereocenters. The minimum atomic E-state index is 0.692. The largest absolute Gasteiger partial charge is 0.381 e. The maximum absolute atomic E-state index is 5.72. The molecule has 2 nitrogen and oxygen atoms in total. The van der Waals surface area contributed by atoms with Gasteiger partial charge in [0.2, 0.25) is 0 Å². The highest BCUT2D eigenvalue weighted by Crippen LogP contribution is 2.24. The molecule has 15 heavy (non-hydrogen) atoms. The highest BCUT2D eigenvalue weighted by Gasteiger charge is 2.13. The van der Waals surface area contributed by atoms with Gasteiger partial charge in [-0.05, 0) is 46.1 Å². The van der Waals surface area contributed by atoms with Crippen LogP contribution < -0.4 is 0 Å². The van der Waals surface area contributed by atoms with Crippen molar-refractivity contribution in [1.82, 2.24) is 0 Å². The van der Waals surface area contributed by atoms with Gasteiger partial charge in [-0.15, -0.1) is 11.3 Å². The molecule has 0 aromatic carbocycles. The summed E-state index contributed by atoms with van der Waals surface area (Å²) in [5, 5.41) is 2.08. The first-order chi connectivity index (χ1) is 7.36. The molecule has 1 aliphatic heterocycles. The minimum Gasteiger partial charge on any atom is -0.381 e. The number of thiophene rings is 1. The lowest BCUT2D eigenvalue weighted by atomic mass is 10.0. The first-order valence-electron chi connectivity index (χ1n) is 5.23. The van der Waals surface area contributed by atoms with Crippen LogP contribution in [0.4, 0.5) is 0 Å². The average Bonchev–Trinajstić information content (AvgIpc) is 2.66. The molecule has 0 aliphatic carbocycles. The second-order valence-electron chi connectivity index (χ2n) is 3.76. The van der Waals surface area contributed by atoms with Gasteiger partial charge in [-0.2, -0.15) is 0 Å². The summed E-state index contributed by atoms with van der Waals surface area (Å²) in [4.78, 5) is 1.28. The zero-order chi connectivity index (χ0) is 10.5. The quantitative estimate of drug-likeness (QED) is 0.846. The fourth-order valence-electron chi connectivity index (χ4n) is 1.66. The van der Waals surface area contributed by atoms with Crippen LogP contribution in [-0.4, -0.2) is 19.8 Å². The third-order valence-corrected chi connectivity index (χ3v) is 4.52. The fraction of sp³-hybridized carbons (Fsp3) is 0.636. The number of hydrogen-bond donors (Lipinski definition) is 0. The van der Waals surface area contributed by atoms with E-state index in [2.05, 4.69) is 27.4 Å². The van der Waals surface area contributed by atoms with Gasteiger partial charge < -0.3 is 9.47 Å². The Balaban J connectivity index is 1.68. The van der Waals surface area contributed by atoms with Crippen LogP contribution in [0.1, 0.15) is 17.7 Å². The lowest BCUT2D eigenvalue weighted by molar-refractivity contribution is 0.0162. The van der Waals surface area contributed by atoms with Gasteiger partial charge in [-0.3, -0.25) is 0 Å². The first kappa shape index (κ1) is 11.6. The van der Waals surface area contributed by atoms with Crippen molar-refractivity contribution in [2.45, 2.75) is 19.4 Å². The Morgan fingerprint density at radius 2 is 2.27 bits per heavy atom. The predicted octanol–water partition coefficient (Wildman–Crippen LogP) is 3.45. The zero-order valence-corrected chi connectivity index (χ0v) is 11.0. The Hall–Kier alpha value is 0.1000. The van der Waals surface area contributed by atoms with E-state index in [0.29, 0.717) is 5.92 Å². The molecule has 1 aromatic rings. The molecule has 1 aromatic heterocycles. The van der Waals surface area contributed by atoms with Crippen molar-refractivity contribution in [1.29, 1.82) is 0 Å². The lowest BCUT2D eigenvalue weighted by Gasteiger charge is -2.21. The minimum absolute atomic E-state index is 0.692. The molecule has 0 atom stereocenters. The Bertz CT molecular complexity index is 295. The normalized spacial score (nSPS) is 18.2. The topological polar surface area (TPSA) is 18.5 Å². The highest BCUT2D eigenvalue weighted by molar-refractivity contribution is 9.10. The number of rotatable bonds is 4. The van der Waals surface area contributed by atoms with Gasteiger partial charge in [0.05, 0.1) is 13.2 Å². The van der Waals surface area contributed by atoms with Crippen LogP contribution in [0.5, 0.6) is 0 Å². The summed E-state index contributed by atoms with van der Waals surface area (Å²) < 4.78 is 12.2. The molecule has 2 heterocycles. The molecule has 1 fully saturated rings. The van der Waals surface area contributed by atoms with E-state index in [9.17, 15) is 0 Å². The third-order valence-electron chi connectivity index (χ3n) is 2.62. The summed E-state index contributed by atoms with van der Waals surface area (Å²) in [7, 11) is 0. The smallest absolute Gasteiger partial charge is 0.0820 e. The lowest BCUT2D eigenvalue weighted by Crippen LogP contribution is -2.19. The Kier molecular flexibility index (Phi) is 4.62. The van der Waals surface area contributed by atoms with Gasteiger partial charge in [0.25, 0.3) is 0 Å². The van der Waals surface area contributed by atoms with E-state index in [1.54, 1.807) is 11.3 Å². The van der Waals surface area contributed by atoms with Gasteiger partial charge in [0.1, 0.15) is 0 Å². The van der Waals surface area contributed by atoms with Crippen molar-refractivity contribution in [2.75, 3.05) is 19.8 Å². The molecule has 0 N–H and O–H groups in total. The number of ether oxygens (including phenoxy) is 2. The molecule has 84 valence electrons. The molecule has 0 spiro atoms. The van der Waals surface area contributed by atoms with Gasteiger partial charge in [-0.25, -0.2) is 0 Å².